The monoisotopic (exact) mass is 269 g/mol. The van der Waals surface area contributed by atoms with E-state index in [4.69, 9.17) is 9.47 Å². The molecule has 0 unspecified atom stereocenters. The Morgan fingerprint density at radius 1 is 1.05 bits per heavy atom. The molecular weight excluding hydrogens is 254 g/mol. The van der Waals surface area contributed by atoms with Crippen LogP contribution >= 0.6 is 0 Å². The predicted octanol–water partition coefficient (Wildman–Crippen LogP) is 2.72. The standard InChI is InChI=1S/C15H15N3O2/c1-10-5-4-6-11(7-10)12-9-18-14(20-3)8-13(19-2)17-15(18)16-12/h4-9H,1-3H3. The lowest BCUT2D eigenvalue weighted by atomic mass is 10.1. The Kier molecular flexibility index (Phi) is 3.02. The van der Waals surface area contributed by atoms with Crippen molar-refractivity contribution in [1.82, 2.24) is 14.4 Å². The van der Waals surface area contributed by atoms with Gasteiger partial charge in [-0.05, 0) is 13.0 Å². The van der Waals surface area contributed by atoms with Crippen LogP contribution < -0.4 is 9.47 Å². The van der Waals surface area contributed by atoms with Crippen LogP contribution in [0.15, 0.2) is 36.5 Å². The van der Waals surface area contributed by atoms with E-state index in [2.05, 4.69) is 29.0 Å². The topological polar surface area (TPSA) is 48.7 Å². The molecule has 2 heterocycles. The Morgan fingerprint density at radius 2 is 1.90 bits per heavy atom. The highest BCUT2D eigenvalue weighted by Crippen LogP contribution is 2.25. The average Bonchev–Trinajstić information content (AvgIpc) is 2.90. The molecular formula is C15H15N3O2. The molecule has 0 fully saturated rings. The Hall–Kier alpha value is -2.56. The zero-order valence-corrected chi connectivity index (χ0v) is 11.6. The maximum Gasteiger partial charge on any atom is 0.240 e. The van der Waals surface area contributed by atoms with Gasteiger partial charge in [0.1, 0.15) is 0 Å². The summed E-state index contributed by atoms with van der Waals surface area (Å²) < 4.78 is 12.3. The van der Waals surface area contributed by atoms with Crippen molar-refractivity contribution in [3.63, 3.8) is 0 Å². The first-order valence-electron chi connectivity index (χ1n) is 6.26. The lowest BCUT2D eigenvalue weighted by Crippen LogP contribution is -1.97. The molecule has 20 heavy (non-hydrogen) atoms. The van der Waals surface area contributed by atoms with Crippen molar-refractivity contribution in [2.75, 3.05) is 14.2 Å². The normalized spacial score (nSPS) is 10.8. The number of ether oxygens (including phenoxy) is 2. The molecule has 3 aromatic rings. The minimum atomic E-state index is 0.482. The summed E-state index contributed by atoms with van der Waals surface area (Å²) in [6.07, 6.45) is 1.91. The zero-order valence-electron chi connectivity index (χ0n) is 11.6. The van der Waals surface area contributed by atoms with Crippen LogP contribution in [-0.4, -0.2) is 28.6 Å². The molecule has 0 amide bonds. The minimum Gasteiger partial charge on any atom is -0.482 e. The number of hydrogen-bond donors (Lipinski definition) is 0. The Bertz CT molecular complexity index is 765. The highest BCUT2D eigenvalue weighted by Gasteiger charge is 2.11. The molecule has 5 nitrogen and oxygen atoms in total. The third-order valence-electron chi connectivity index (χ3n) is 3.11. The Labute approximate surface area is 116 Å². The number of nitrogens with zero attached hydrogens (tertiary/aromatic N) is 3. The van der Waals surface area contributed by atoms with Crippen LogP contribution in [0.4, 0.5) is 0 Å². The van der Waals surface area contributed by atoms with Gasteiger partial charge in [-0.15, -0.1) is 0 Å². The molecule has 0 aliphatic rings. The highest BCUT2D eigenvalue weighted by molar-refractivity contribution is 5.62. The molecule has 0 radical (unpaired) electrons. The molecule has 0 aliphatic heterocycles. The second kappa shape index (κ2) is 4.85. The van der Waals surface area contributed by atoms with E-state index in [1.54, 1.807) is 24.7 Å². The second-order valence-electron chi connectivity index (χ2n) is 4.51. The van der Waals surface area contributed by atoms with Gasteiger partial charge in [-0.3, -0.25) is 4.40 Å². The number of benzene rings is 1. The summed E-state index contributed by atoms with van der Waals surface area (Å²) in [6, 6.07) is 9.92. The van der Waals surface area contributed by atoms with Gasteiger partial charge in [0.05, 0.1) is 26.0 Å². The summed E-state index contributed by atoms with van der Waals surface area (Å²) in [5, 5.41) is 0. The van der Waals surface area contributed by atoms with Gasteiger partial charge in [-0.2, -0.15) is 4.98 Å². The number of aromatic nitrogens is 3. The van der Waals surface area contributed by atoms with Crippen LogP contribution in [0.1, 0.15) is 5.56 Å². The van der Waals surface area contributed by atoms with Crippen molar-refractivity contribution < 1.29 is 9.47 Å². The summed E-state index contributed by atoms with van der Waals surface area (Å²) in [5.41, 5.74) is 3.10. The summed E-state index contributed by atoms with van der Waals surface area (Å²) in [4.78, 5) is 8.85. The van der Waals surface area contributed by atoms with E-state index in [1.807, 2.05) is 18.3 Å². The number of rotatable bonds is 3. The second-order valence-corrected chi connectivity index (χ2v) is 4.51. The van der Waals surface area contributed by atoms with Crippen molar-refractivity contribution in [2.45, 2.75) is 6.92 Å². The van der Waals surface area contributed by atoms with Gasteiger partial charge in [-0.1, -0.05) is 23.8 Å². The SMILES string of the molecule is COc1cc(OC)n2cc(-c3cccc(C)c3)nc2n1. The first kappa shape index (κ1) is 12.5. The van der Waals surface area contributed by atoms with E-state index in [0.29, 0.717) is 17.5 Å². The molecule has 0 spiro atoms. The molecule has 0 bridgehead atoms. The van der Waals surface area contributed by atoms with Crippen molar-refractivity contribution in [1.29, 1.82) is 0 Å². The van der Waals surface area contributed by atoms with Crippen molar-refractivity contribution in [2.24, 2.45) is 0 Å². The fourth-order valence-electron chi connectivity index (χ4n) is 2.12. The number of aryl methyl sites for hydroxylation is 1. The van der Waals surface area contributed by atoms with Crippen LogP contribution in [0.5, 0.6) is 11.8 Å². The maximum absolute atomic E-state index is 5.35. The van der Waals surface area contributed by atoms with E-state index in [1.165, 1.54) is 5.56 Å². The number of fused-ring (bicyclic) bond motifs is 1. The number of methoxy groups -OCH3 is 2. The van der Waals surface area contributed by atoms with Gasteiger partial charge in [0.2, 0.25) is 17.5 Å². The van der Waals surface area contributed by atoms with E-state index in [9.17, 15) is 0 Å². The van der Waals surface area contributed by atoms with Crippen LogP contribution in [0.2, 0.25) is 0 Å². The van der Waals surface area contributed by atoms with Crippen LogP contribution in [0.3, 0.4) is 0 Å². The van der Waals surface area contributed by atoms with Gasteiger partial charge in [-0.25, -0.2) is 4.98 Å². The lowest BCUT2D eigenvalue weighted by Gasteiger charge is -2.04. The van der Waals surface area contributed by atoms with Crippen molar-refractivity contribution >= 4 is 5.78 Å². The summed E-state index contributed by atoms with van der Waals surface area (Å²) >= 11 is 0. The summed E-state index contributed by atoms with van der Waals surface area (Å²) in [5.74, 6) is 1.67. The lowest BCUT2D eigenvalue weighted by molar-refractivity contribution is 0.369. The van der Waals surface area contributed by atoms with Gasteiger partial charge in [0.25, 0.3) is 0 Å². The molecule has 0 N–H and O–H groups in total. The van der Waals surface area contributed by atoms with Crippen molar-refractivity contribution in [3.05, 3.63) is 42.1 Å². The third kappa shape index (κ3) is 2.07. The van der Waals surface area contributed by atoms with E-state index in [-0.39, 0.29) is 0 Å². The average molecular weight is 269 g/mol. The fraction of sp³-hybridized carbons (Fsp3) is 0.200. The molecule has 2 aromatic heterocycles. The third-order valence-corrected chi connectivity index (χ3v) is 3.11. The van der Waals surface area contributed by atoms with Gasteiger partial charge < -0.3 is 9.47 Å². The molecule has 5 heteroatoms. The molecule has 1 aromatic carbocycles. The van der Waals surface area contributed by atoms with Crippen LogP contribution in [-0.2, 0) is 0 Å². The smallest absolute Gasteiger partial charge is 0.240 e. The van der Waals surface area contributed by atoms with Crippen LogP contribution in [0, 0.1) is 6.92 Å². The van der Waals surface area contributed by atoms with E-state index >= 15 is 0 Å². The number of hydrogen-bond acceptors (Lipinski definition) is 4. The molecule has 3 rings (SSSR count). The summed E-state index contributed by atoms with van der Waals surface area (Å²) in [6.45, 7) is 2.06. The zero-order chi connectivity index (χ0) is 14.1. The Morgan fingerprint density at radius 3 is 2.60 bits per heavy atom. The van der Waals surface area contributed by atoms with Gasteiger partial charge in [0.15, 0.2) is 0 Å². The maximum atomic E-state index is 5.35. The minimum absolute atomic E-state index is 0.482. The Balaban J connectivity index is 2.19. The van der Waals surface area contributed by atoms with Crippen molar-refractivity contribution in [3.8, 4) is 23.0 Å². The number of imidazole rings is 1. The predicted molar refractivity (Wildman–Crippen MR) is 76.3 cm³/mol. The highest BCUT2D eigenvalue weighted by atomic mass is 16.5. The molecule has 0 aliphatic carbocycles. The first-order valence-corrected chi connectivity index (χ1v) is 6.26. The van der Waals surface area contributed by atoms with E-state index < -0.39 is 0 Å². The quantitative estimate of drug-likeness (QED) is 0.733. The molecule has 0 saturated heterocycles. The van der Waals surface area contributed by atoms with E-state index in [0.717, 1.165) is 11.3 Å². The molecule has 102 valence electrons. The summed E-state index contributed by atoms with van der Waals surface area (Å²) in [7, 11) is 3.18. The largest absolute Gasteiger partial charge is 0.482 e. The fourth-order valence-corrected chi connectivity index (χ4v) is 2.12. The van der Waals surface area contributed by atoms with Gasteiger partial charge in [0, 0.05) is 11.8 Å². The molecule has 0 atom stereocenters. The van der Waals surface area contributed by atoms with Gasteiger partial charge >= 0.3 is 0 Å². The first-order chi connectivity index (χ1) is 9.71. The molecule has 0 saturated carbocycles. The van der Waals surface area contributed by atoms with Crippen LogP contribution in [0.25, 0.3) is 17.0 Å².